The number of sulfonamides is 1. The van der Waals surface area contributed by atoms with Gasteiger partial charge >= 0.3 is 0 Å². The molecule has 0 atom stereocenters. The molecule has 0 amide bonds. The van der Waals surface area contributed by atoms with Crippen molar-refractivity contribution in [3.8, 4) is 17.3 Å². The Labute approximate surface area is 193 Å². The van der Waals surface area contributed by atoms with Gasteiger partial charge in [-0.2, -0.15) is 10.1 Å². The Balaban J connectivity index is 1.39. The first-order chi connectivity index (χ1) is 15.9. The number of halogens is 2. The molecule has 9 nitrogen and oxygen atoms in total. The number of anilines is 1. The number of hydrogen-bond acceptors (Lipinski definition) is 7. The lowest BCUT2D eigenvalue weighted by molar-refractivity contribution is 0.195. The van der Waals surface area contributed by atoms with Gasteiger partial charge in [0, 0.05) is 35.3 Å². The normalized spacial score (nSPS) is 14.2. The summed E-state index contributed by atoms with van der Waals surface area (Å²) in [5.74, 6) is 0.359. The summed E-state index contributed by atoms with van der Waals surface area (Å²) in [4.78, 5) is 8.47. The van der Waals surface area contributed by atoms with Crippen molar-refractivity contribution >= 4 is 38.3 Å². The standard InChI is InChI=1S/C21H18ClFN6O3S/c22-14-3-6-17(23)18(7-14)33(30,31)29-15-4-1-13(2-5-15)19-26-20-16(10-25-28-20)21(27-19)32-11-12-8-24-9-12/h1-7,10,12,24,29H,8-9,11H2,(H,25,26,27,28). The van der Waals surface area contributed by atoms with Crippen molar-refractivity contribution in [2.45, 2.75) is 4.90 Å². The topological polar surface area (TPSA) is 122 Å². The third-order valence-corrected chi connectivity index (χ3v) is 6.81. The Kier molecular flexibility index (Phi) is 5.60. The van der Waals surface area contributed by atoms with Crippen LogP contribution in [-0.2, 0) is 10.0 Å². The molecule has 1 aliphatic rings. The van der Waals surface area contributed by atoms with Crippen LogP contribution in [0.1, 0.15) is 0 Å². The molecule has 2 aromatic carbocycles. The third-order valence-electron chi connectivity index (χ3n) is 5.17. The second kappa shape index (κ2) is 8.58. The summed E-state index contributed by atoms with van der Waals surface area (Å²) >= 11 is 5.82. The van der Waals surface area contributed by atoms with Crippen molar-refractivity contribution in [2.24, 2.45) is 5.92 Å². The average molecular weight is 489 g/mol. The minimum Gasteiger partial charge on any atom is -0.477 e. The molecular formula is C21H18ClFN6O3S. The molecule has 12 heteroatoms. The Morgan fingerprint density at radius 2 is 1.94 bits per heavy atom. The Morgan fingerprint density at radius 1 is 1.15 bits per heavy atom. The van der Waals surface area contributed by atoms with Gasteiger partial charge in [0.1, 0.15) is 16.1 Å². The van der Waals surface area contributed by atoms with Crippen LogP contribution in [0, 0.1) is 11.7 Å². The van der Waals surface area contributed by atoms with E-state index in [-0.39, 0.29) is 10.7 Å². The van der Waals surface area contributed by atoms with Gasteiger partial charge < -0.3 is 10.1 Å². The van der Waals surface area contributed by atoms with E-state index >= 15 is 0 Å². The van der Waals surface area contributed by atoms with Crippen molar-refractivity contribution < 1.29 is 17.5 Å². The minimum atomic E-state index is -4.16. The number of nitrogens with zero attached hydrogens (tertiary/aromatic N) is 3. The van der Waals surface area contributed by atoms with E-state index in [0.717, 1.165) is 25.2 Å². The molecule has 33 heavy (non-hydrogen) atoms. The summed E-state index contributed by atoms with van der Waals surface area (Å²) in [6.45, 7) is 2.34. The number of H-pyrrole nitrogens is 1. The molecular weight excluding hydrogens is 471 g/mol. The third kappa shape index (κ3) is 4.47. The molecule has 0 radical (unpaired) electrons. The number of hydrogen-bond donors (Lipinski definition) is 3. The number of fused-ring (bicyclic) bond motifs is 1. The van der Waals surface area contributed by atoms with Crippen LogP contribution in [0.2, 0.25) is 5.02 Å². The van der Waals surface area contributed by atoms with Gasteiger partial charge in [-0.25, -0.2) is 17.8 Å². The molecule has 0 bridgehead atoms. The van der Waals surface area contributed by atoms with Crippen LogP contribution in [0.5, 0.6) is 5.88 Å². The maximum absolute atomic E-state index is 14.0. The van der Waals surface area contributed by atoms with E-state index in [0.29, 0.717) is 40.8 Å². The highest BCUT2D eigenvalue weighted by Crippen LogP contribution is 2.28. The fraction of sp³-hybridized carbons (Fsp3) is 0.190. The largest absolute Gasteiger partial charge is 0.477 e. The van der Waals surface area contributed by atoms with Crippen LogP contribution >= 0.6 is 11.6 Å². The van der Waals surface area contributed by atoms with Crippen LogP contribution in [0.4, 0.5) is 10.1 Å². The highest BCUT2D eigenvalue weighted by Gasteiger charge is 2.21. The molecule has 3 heterocycles. The highest BCUT2D eigenvalue weighted by molar-refractivity contribution is 7.92. The second-order valence-corrected chi connectivity index (χ2v) is 9.66. The number of nitrogens with one attached hydrogen (secondary N) is 3. The summed E-state index contributed by atoms with van der Waals surface area (Å²) in [5, 5.41) is 10.8. The van der Waals surface area contributed by atoms with Crippen LogP contribution in [0.15, 0.2) is 53.6 Å². The van der Waals surface area contributed by atoms with Gasteiger partial charge in [-0.05, 0) is 42.5 Å². The molecule has 0 saturated carbocycles. The predicted molar refractivity (Wildman–Crippen MR) is 121 cm³/mol. The first-order valence-electron chi connectivity index (χ1n) is 10.0. The molecule has 5 rings (SSSR count). The Bertz CT molecular complexity index is 1420. The molecule has 170 valence electrons. The maximum Gasteiger partial charge on any atom is 0.264 e. The lowest BCUT2D eigenvalue weighted by Gasteiger charge is -2.26. The molecule has 3 N–H and O–H groups in total. The van der Waals surface area contributed by atoms with E-state index in [1.807, 2.05) is 0 Å². The van der Waals surface area contributed by atoms with Crippen LogP contribution < -0.4 is 14.8 Å². The van der Waals surface area contributed by atoms with Crippen LogP contribution in [0.25, 0.3) is 22.4 Å². The molecule has 1 saturated heterocycles. The number of benzene rings is 2. The van der Waals surface area contributed by atoms with Crippen molar-refractivity contribution in [1.29, 1.82) is 0 Å². The summed E-state index contributed by atoms with van der Waals surface area (Å²) in [6, 6.07) is 9.73. The molecule has 1 aliphatic heterocycles. The summed E-state index contributed by atoms with van der Waals surface area (Å²) in [5.41, 5.74) is 1.41. The molecule has 2 aromatic heterocycles. The van der Waals surface area contributed by atoms with E-state index < -0.39 is 20.7 Å². The van der Waals surface area contributed by atoms with Gasteiger partial charge in [-0.3, -0.25) is 9.82 Å². The fourth-order valence-corrected chi connectivity index (χ4v) is 4.69. The fourth-order valence-electron chi connectivity index (χ4n) is 3.29. The van der Waals surface area contributed by atoms with Gasteiger partial charge in [0.15, 0.2) is 11.5 Å². The minimum absolute atomic E-state index is 0.116. The van der Waals surface area contributed by atoms with Crippen molar-refractivity contribution in [3.63, 3.8) is 0 Å². The lowest BCUT2D eigenvalue weighted by Crippen LogP contribution is -2.45. The Hall–Kier alpha value is -3.28. The van der Waals surface area contributed by atoms with Gasteiger partial charge in [0.25, 0.3) is 10.0 Å². The zero-order valence-electron chi connectivity index (χ0n) is 17.0. The van der Waals surface area contributed by atoms with Gasteiger partial charge in [-0.15, -0.1) is 0 Å². The van der Waals surface area contributed by atoms with Gasteiger partial charge in [-0.1, -0.05) is 11.6 Å². The van der Waals surface area contributed by atoms with Gasteiger partial charge in [0.05, 0.1) is 12.8 Å². The van der Waals surface area contributed by atoms with Crippen molar-refractivity contribution in [1.82, 2.24) is 25.5 Å². The maximum atomic E-state index is 14.0. The predicted octanol–water partition coefficient (Wildman–Crippen LogP) is 3.21. The number of aromatic nitrogens is 4. The number of aromatic amines is 1. The SMILES string of the molecule is O=S(=O)(Nc1ccc(-c2nc(OCC3CNC3)c3cn[nH]c3n2)cc1)c1cc(Cl)ccc1F. The lowest BCUT2D eigenvalue weighted by atomic mass is 10.1. The number of ether oxygens (including phenoxy) is 1. The van der Waals surface area contributed by atoms with Crippen molar-refractivity contribution in [3.05, 3.63) is 59.5 Å². The Morgan fingerprint density at radius 3 is 2.67 bits per heavy atom. The second-order valence-electron chi connectivity index (χ2n) is 7.58. The summed E-state index contributed by atoms with van der Waals surface area (Å²) in [7, 11) is -4.16. The molecule has 0 aliphatic carbocycles. The average Bonchev–Trinajstić information content (AvgIpc) is 3.23. The zero-order valence-corrected chi connectivity index (χ0v) is 18.6. The first kappa shape index (κ1) is 21.6. The van der Waals surface area contributed by atoms with E-state index in [1.165, 1.54) is 18.2 Å². The first-order valence-corrected chi connectivity index (χ1v) is 11.9. The highest BCUT2D eigenvalue weighted by atomic mass is 35.5. The van der Waals surface area contributed by atoms with E-state index in [1.54, 1.807) is 18.3 Å². The van der Waals surface area contributed by atoms with E-state index in [2.05, 4.69) is 30.2 Å². The number of rotatable bonds is 7. The van der Waals surface area contributed by atoms with Crippen molar-refractivity contribution in [2.75, 3.05) is 24.4 Å². The van der Waals surface area contributed by atoms with Crippen LogP contribution in [0.3, 0.4) is 0 Å². The zero-order chi connectivity index (χ0) is 23.0. The summed E-state index contributed by atoms with van der Waals surface area (Å²) < 4.78 is 47.4. The molecule has 0 unspecified atom stereocenters. The molecule has 4 aromatic rings. The summed E-state index contributed by atoms with van der Waals surface area (Å²) in [6.07, 6.45) is 1.61. The van der Waals surface area contributed by atoms with Crippen LogP contribution in [-0.4, -0.2) is 48.3 Å². The van der Waals surface area contributed by atoms with Gasteiger partial charge in [0.2, 0.25) is 5.88 Å². The molecule has 0 spiro atoms. The monoisotopic (exact) mass is 488 g/mol. The quantitative estimate of drug-likeness (QED) is 0.365. The van der Waals surface area contributed by atoms with E-state index in [9.17, 15) is 12.8 Å². The molecule has 1 fully saturated rings. The smallest absolute Gasteiger partial charge is 0.264 e. The van der Waals surface area contributed by atoms with E-state index in [4.69, 9.17) is 16.3 Å².